The summed E-state index contributed by atoms with van der Waals surface area (Å²) < 4.78 is 17.1. The number of aliphatic hydroxyl groups is 1. The third-order valence-corrected chi connectivity index (χ3v) is 8.25. The Morgan fingerprint density at radius 3 is 2.72 bits per heavy atom. The SMILES string of the molecule is CCN(C)C(=O)Oc1cccc([C@H](C)N(C)C)c1.COc1ccc2c3c1O[C@H]1C[C@@H](O)C=C[C@@]31CCN(C)C2. The number of hydrogen-bond acceptors (Lipinski definition) is 7. The molecule has 39 heavy (non-hydrogen) atoms. The van der Waals surface area contributed by atoms with Gasteiger partial charge < -0.3 is 34.0 Å². The second kappa shape index (κ2) is 12.0. The van der Waals surface area contributed by atoms with Crippen molar-refractivity contribution in [2.24, 2.45) is 0 Å². The van der Waals surface area contributed by atoms with Crippen molar-refractivity contribution in [3.8, 4) is 17.2 Å². The highest BCUT2D eigenvalue weighted by Gasteiger charge is 2.52. The molecule has 0 saturated heterocycles. The summed E-state index contributed by atoms with van der Waals surface area (Å²) in [5, 5.41) is 9.97. The van der Waals surface area contributed by atoms with Gasteiger partial charge in [0.15, 0.2) is 11.5 Å². The first-order chi connectivity index (χ1) is 18.6. The molecule has 5 rings (SSSR count). The predicted octanol–water partition coefficient (Wildman–Crippen LogP) is 4.61. The highest BCUT2D eigenvalue weighted by Crippen LogP contribution is 2.55. The molecule has 0 bridgehead atoms. The molecule has 1 amide bonds. The third-order valence-electron chi connectivity index (χ3n) is 8.25. The van der Waals surface area contributed by atoms with Crippen molar-refractivity contribution >= 4 is 6.09 Å². The Balaban J connectivity index is 0.000000184. The fourth-order valence-electron chi connectivity index (χ4n) is 5.52. The lowest BCUT2D eigenvalue weighted by Gasteiger charge is -2.35. The lowest BCUT2D eigenvalue weighted by molar-refractivity contribution is 0.0821. The molecule has 8 heteroatoms. The lowest BCUT2D eigenvalue weighted by Crippen LogP contribution is -2.42. The largest absolute Gasteiger partial charge is 0.493 e. The summed E-state index contributed by atoms with van der Waals surface area (Å²) in [5.41, 5.74) is 3.61. The molecule has 4 atom stereocenters. The molecule has 3 aliphatic rings. The molecule has 8 nitrogen and oxygen atoms in total. The maximum absolute atomic E-state index is 11.7. The van der Waals surface area contributed by atoms with Crippen LogP contribution in [0.4, 0.5) is 4.79 Å². The third kappa shape index (κ3) is 5.93. The van der Waals surface area contributed by atoms with E-state index >= 15 is 0 Å². The Labute approximate surface area is 232 Å². The van der Waals surface area contributed by atoms with Crippen molar-refractivity contribution in [3.05, 3.63) is 65.2 Å². The number of hydrogen-bond donors (Lipinski definition) is 1. The molecule has 2 heterocycles. The lowest BCUT2D eigenvalue weighted by atomic mass is 9.69. The van der Waals surface area contributed by atoms with E-state index in [2.05, 4.69) is 35.9 Å². The van der Waals surface area contributed by atoms with Crippen LogP contribution in [-0.4, -0.2) is 86.5 Å². The van der Waals surface area contributed by atoms with Crippen molar-refractivity contribution in [1.29, 1.82) is 0 Å². The topological polar surface area (TPSA) is 74.7 Å². The maximum atomic E-state index is 11.7. The van der Waals surface area contributed by atoms with E-state index in [0.717, 1.165) is 36.6 Å². The number of nitrogens with zero attached hydrogens (tertiary/aromatic N) is 3. The van der Waals surface area contributed by atoms with Gasteiger partial charge in [-0.3, -0.25) is 0 Å². The van der Waals surface area contributed by atoms with Crippen LogP contribution in [0.3, 0.4) is 0 Å². The first-order valence-electron chi connectivity index (χ1n) is 13.7. The standard InChI is InChI=1S/C17H21NO3.C14H22N2O2/c1-18-8-7-17-6-5-12(19)9-14(17)21-16-13(20-2)4-3-11(10-18)15(16)17;1-6-16(5)14(17)18-13-9-7-8-12(10-13)11(2)15(3)4/h3-6,12,14,19H,7-10H2,1-2H3;7-11H,6H2,1-5H3/t12-,14-,17-;11-/m00/s1. The summed E-state index contributed by atoms with van der Waals surface area (Å²) in [7, 11) is 9.60. The number of carbonyl (C=O) groups is 1. The highest BCUT2D eigenvalue weighted by atomic mass is 16.6. The minimum absolute atomic E-state index is 0.00838. The number of rotatable bonds is 5. The van der Waals surface area contributed by atoms with Crippen LogP contribution in [0, 0.1) is 0 Å². The molecule has 0 aromatic heterocycles. The number of benzene rings is 2. The van der Waals surface area contributed by atoms with Crippen LogP contribution in [-0.2, 0) is 12.0 Å². The number of amides is 1. The van der Waals surface area contributed by atoms with Crippen LogP contribution >= 0.6 is 0 Å². The van der Waals surface area contributed by atoms with Crippen LogP contribution in [0.5, 0.6) is 17.2 Å². The van der Waals surface area contributed by atoms with Crippen LogP contribution in [0.1, 0.15) is 49.4 Å². The molecule has 2 aromatic carbocycles. The van der Waals surface area contributed by atoms with E-state index in [1.165, 1.54) is 16.0 Å². The first kappa shape index (κ1) is 28.9. The van der Waals surface area contributed by atoms with Crippen molar-refractivity contribution in [3.63, 3.8) is 0 Å². The zero-order valence-corrected chi connectivity index (χ0v) is 24.3. The van der Waals surface area contributed by atoms with E-state index in [0.29, 0.717) is 18.7 Å². The van der Waals surface area contributed by atoms with Gasteiger partial charge >= 0.3 is 6.09 Å². The average molecular weight is 538 g/mol. The fourth-order valence-corrected chi connectivity index (χ4v) is 5.52. The van der Waals surface area contributed by atoms with Gasteiger partial charge in [-0.1, -0.05) is 30.4 Å². The number of ether oxygens (including phenoxy) is 3. The van der Waals surface area contributed by atoms with Crippen molar-refractivity contribution < 1.29 is 24.1 Å². The molecular weight excluding hydrogens is 494 g/mol. The Morgan fingerprint density at radius 1 is 1.26 bits per heavy atom. The molecule has 0 saturated carbocycles. The van der Waals surface area contributed by atoms with Gasteiger partial charge in [0, 0.05) is 38.2 Å². The summed E-state index contributed by atoms with van der Waals surface area (Å²) in [6.07, 6.45) is 5.05. The molecule has 212 valence electrons. The monoisotopic (exact) mass is 537 g/mol. The Bertz CT molecular complexity index is 1200. The van der Waals surface area contributed by atoms with Crippen LogP contribution < -0.4 is 14.2 Å². The molecule has 0 radical (unpaired) electrons. The average Bonchev–Trinajstić information content (AvgIpc) is 3.18. The number of methoxy groups -OCH3 is 1. The van der Waals surface area contributed by atoms with Crippen LogP contribution in [0.25, 0.3) is 0 Å². The first-order valence-corrected chi connectivity index (χ1v) is 13.7. The quantitative estimate of drug-likeness (QED) is 0.559. The van der Waals surface area contributed by atoms with Gasteiger partial charge in [0.1, 0.15) is 11.9 Å². The van der Waals surface area contributed by atoms with Gasteiger partial charge in [0.05, 0.1) is 18.6 Å². The molecule has 0 unspecified atom stereocenters. The summed E-state index contributed by atoms with van der Waals surface area (Å²) >= 11 is 0. The minimum atomic E-state index is -0.412. The van der Waals surface area contributed by atoms with Crippen molar-refractivity contribution in [1.82, 2.24) is 14.7 Å². The van der Waals surface area contributed by atoms with E-state index in [4.69, 9.17) is 14.2 Å². The van der Waals surface area contributed by atoms with E-state index in [-0.39, 0.29) is 23.7 Å². The fraction of sp³-hybridized carbons (Fsp3) is 0.516. The molecule has 2 aliphatic heterocycles. The maximum Gasteiger partial charge on any atom is 0.414 e. The van der Waals surface area contributed by atoms with Gasteiger partial charge in [-0.25, -0.2) is 4.79 Å². The molecule has 1 aliphatic carbocycles. The summed E-state index contributed by atoms with van der Waals surface area (Å²) in [4.78, 5) is 17.6. The number of aliphatic hydroxyl groups excluding tert-OH is 1. The predicted molar refractivity (Wildman–Crippen MR) is 153 cm³/mol. The van der Waals surface area contributed by atoms with Crippen molar-refractivity contribution in [2.75, 3.05) is 48.4 Å². The minimum Gasteiger partial charge on any atom is -0.493 e. The van der Waals surface area contributed by atoms with Gasteiger partial charge in [-0.05, 0) is 77.3 Å². The number of carbonyl (C=O) groups excluding carboxylic acids is 1. The molecule has 1 spiro atoms. The molecular formula is C31H43N3O5. The molecule has 2 aromatic rings. The molecule has 0 fully saturated rings. The Hall–Kier alpha value is -3.07. The van der Waals surface area contributed by atoms with E-state index in [1.807, 2.05) is 51.4 Å². The Kier molecular flexibility index (Phi) is 8.89. The van der Waals surface area contributed by atoms with E-state index in [9.17, 15) is 9.90 Å². The highest BCUT2D eigenvalue weighted by molar-refractivity contribution is 5.70. The Morgan fingerprint density at radius 2 is 2.03 bits per heavy atom. The van der Waals surface area contributed by atoms with Crippen LogP contribution in [0.2, 0.25) is 0 Å². The summed E-state index contributed by atoms with van der Waals surface area (Å²) in [5.74, 6) is 2.27. The van der Waals surface area contributed by atoms with E-state index < -0.39 is 6.10 Å². The molecule has 1 N–H and O–H groups in total. The smallest absolute Gasteiger partial charge is 0.414 e. The van der Waals surface area contributed by atoms with E-state index in [1.54, 1.807) is 20.2 Å². The zero-order valence-electron chi connectivity index (χ0n) is 24.3. The van der Waals surface area contributed by atoms with Crippen molar-refractivity contribution in [2.45, 2.75) is 56.9 Å². The normalized spacial score (nSPS) is 23.9. The van der Waals surface area contributed by atoms with Gasteiger partial charge in [-0.15, -0.1) is 0 Å². The second-order valence-corrected chi connectivity index (χ2v) is 11.0. The van der Waals surface area contributed by atoms with Crippen LogP contribution in [0.15, 0.2) is 48.6 Å². The van der Waals surface area contributed by atoms with Gasteiger partial charge in [0.2, 0.25) is 0 Å². The summed E-state index contributed by atoms with van der Waals surface area (Å²) in [6.45, 7) is 6.61. The summed E-state index contributed by atoms with van der Waals surface area (Å²) in [6, 6.07) is 12.1. The second-order valence-electron chi connectivity index (χ2n) is 11.0. The van der Waals surface area contributed by atoms with Gasteiger partial charge in [0.25, 0.3) is 0 Å². The zero-order chi connectivity index (χ0) is 28.3. The van der Waals surface area contributed by atoms with Gasteiger partial charge in [-0.2, -0.15) is 0 Å².